The molecule has 0 saturated carbocycles. The lowest BCUT2D eigenvalue weighted by molar-refractivity contribution is 0.0692. The summed E-state index contributed by atoms with van der Waals surface area (Å²) in [6.45, 7) is 0. The first-order valence-corrected chi connectivity index (χ1v) is 5.93. The maximum Gasteiger partial charge on any atom is 0.338 e. The van der Waals surface area contributed by atoms with Crippen LogP contribution in [0, 0.1) is 17.1 Å². The number of halogens is 1. The molecule has 0 aliphatic heterocycles. The summed E-state index contributed by atoms with van der Waals surface area (Å²) in [6.07, 6.45) is 0. The lowest BCUT2D eigenvalue weighted by atomic mass is 10.1. The van der Waals surface area contributed by atoms with Gasteiger partial charge < -0.3 is 15.2 Å². The van der Waals surface area contributed by atoms with Crippen LogP contribution in [0.3, 0.4) is 0 Å². The second kappa shape index (κ2) is 5.92. The number of hydrogen-bond acceptors (Lipinski definition) is 4. The molecule has 0 heterocycles. The topological polar surface area (TPSA) is 82.3 Å². The summed E-state index contributed by atoms with van der Waals surface area (Å²) in [5.41, 5.74) is 0.729. The summed E-state index contributed by atoms with van der Waals surface area (Å²) in [5, 5.41) is 20.7. The fourth-order valence-electron chi connectivity index (χ4n) is 1.77. The molecule has 0 aliphatic carbocycles. The van der Waals surface area contributed by atoms with Crippen molar-refractivity contribution < 1.29 is 19.0 Å². The Bertz CT molecular complexity index is 738. The van der Waals surface area contributed by atoms with Gasteiger partial charge in [0.25, 0.3) is 0 Å². The molecule has 0 saturated heterocycles. The average molecular weight is 286 g/mol. The minimum Gasteiger partial charge on any atom is -0.497 e. The van der Waals surface area contributed by atoms with Crippen LogP contribution in [0.15, 0.2) is 36.4 Å². The number of carboxylic acids is 1. The van der Waals surface area contributed by atoms with E-state index in [1.165, 1.54) is 13.2 Å². The normalized spacial score (nSPS) is 9.76. The molecule has 2 aromatic carbocycles. The van der Waals surface area contributed by atoms with Crippen LogP contribution in [-0.4, -0.2) is 18.2 Å². The number of ether oxygens (including phenoxy) is 1. The molecule has 2 rings (SSSR count). The second-order valence-corrected chi connectivity index (χ2v) is 4.15. The number of nitriles is 1. The van der Waals surface area contributed by atoms with Crippen LogP contribution in [0.1, 0.15) is 15.9 Å². The summed E-state index contributed by atoms with van der Waals surface area (Å²) in [5.74, 6) is -1.65. The highest BCUT2D eigenvalue weighted by Gasteiger charge is 2.11. The third-order valence-corrected chi connectivity index (χ3v) is 2.83. The van der Waals surface area contributed by atoms with Gasteiger partial charge in [-0.2, -0.15) is 5.26 Å². The molecule has 0 amide bonds. The lowest BCUT2D eigenvalue weighted by Gasteiger charge is -2.10. The van der Waals surface area contributed by atoms with E-state index in [4.69, 9.17) is 15.1 Å². The quantitative estimate of drug-likeness (QED) is 0.902. The molecule has 5 nitrogen and oxygen atoms in total. The highest BCUT2D eigenvalue weighted by Crippen LogP contribution is 2.26. The minimum atomic E-state index is -1.34. The van der Waals surface area contributed by atoms with Crippen LogP contribution >= 0.6 is 0 Å². The number of carbonyl (C=O) groups is 1. The molecule has 0 fully saturated rings. The number of methoxy groups -OCH3 is 1. The van der Waals surface area contributed by atoms with E-state index >= 15 is 0 Å². The Hall–Kier alpha value is -3.07. The van der Waals surface area contributed by atoms with Crippen LogP contribution < -0.4 is 10.1 Å². The van der Waals surface area contributed by atoms with Gasteiger partial charge in [-0.15, -0.1) is 0 Å². The molecule has 6 heteroatoms. The Morgan fingerprint density at radius 2 is 2.10 bits per heavy atom. The summed E-state index contributed by atoms with van der Waals surface area (Å²) < 4.78 is 18.7. The second-order valence-electron chi connectivity index (χ2n) is 4.15. The molecule has 0 radical (unpaired) electrons. The number of anilines is 2. The van der Waals surface area contributed by atoms with Gasteiger partial charge in [-0.25, -0.2) is 9.18 Å². The van der Waals surface area contributed by atoms with E-state index in [0.717, 1.165) is 12.1 Å². The molecule has 0 unspecified atom stereocenters. The van der Waals surface area contributed by atoms with Gasteiger partial charge in [0.05, 0.1) is 23.9 Å². The molecule has 2 N–H and O–H groups in total. The van der Waals surface area contributed by atoms with Gasteiger partial charge in [0.2, 0.25) is 0 Å². The summed E-state index contributed by atoms with van der Waals surface area (Å²) in [4.78, 5) is 10.8. The molecule has 106 valence electrons. The first kappa shape index (κ1) is 14.3. The zero-order valence-corrected chi connectivity index (χ0v) is 11.1. The lowest BCUT2D eigenvalue weighted by Crippen LogP contribution is -2.02. The van der Waals surface area contributed by atoms with Crippen molar-refractivity contribution >= 4 is 17.3 Å². The highest BCUT2D eigenvalue weighted by molar-refractivity contribution is 5.88. The van der Waals surface area contributed by atoms with E-state index in [9.17, 15) is 9.18 Å². The number of hydrogen-bond donors (Lipinski definition) is 2. The smallest absolute Gasteiger partial charge is 0.338 e. The van der Waals surface area contributed by atoms with Crippen molar-refractivity contribution in [2.45, 2.75) is 0 Å². The number of benzene rings is 2. The first-order valence-electron chi connectivity index (χ1n) is 5.93. The number of nitrogens with one attached hydrogen (secondary N) is 1. The van der Waals surface area contributed by atoms with E-state index in [1.807, 2.05) is 6.07 Å². The summed E-state index contributed by atoms with van der Waals surface area (Å²) in [6, 6.07) is 10.5. The SMILES string of the molecule is COc1ccc(C#N)c(Nc2ccc(C(=O)O)c(F)c2)c1. The van der Waals surface area contributed by atoms with Gasteiger partial charge in [0, 0.05) is 11.8 Å². The fraction of sp³-hybridized carbons (Fsp3) is 0.0667. The van der Waals surface area contributed by atoms with E-state index < -0.39 is 17.3 Å². The Labute approximate surface area is 120 Å². The van der Waals surface area contributed by atoms with Crippen LogP contribution in [-0.2, 0) is 0 Å². The predicted molar refractivity (Wildman–Crippen MR) is 74.4 cm³/mol. The van der Waals surface area contributed by atoms with Crippen molar-refractivity contribution in [3.63, 3.8) is 0 Å². The van der Waals surface area contributed by atoms with E-state index in [-0.39, 0.29) is 0 Å². The van der Waals surface area contributed by atoms with Crippen molar-refractivity contribution in [2.75, 3.05) is 12.4 Å². The van der Waals surface area contributed by atoms with Crippen molar-refractivity contribution in [1.29, 1.82) is 5.26 Å². The molecule has 0 atom stereocenters. The van der Waals surface area contributed by atoms with Gasteiger partial charge in [-0.1, -0.05) is 0 Å². The largest absolute Gasteiger partial charge is 0.497 e. The Kier molecular flexibility index (Phi) is 4.05. The maximum atomic E-state index is 13.6. The molecule has 2 aromatic rings. The monoisotopic (exact) mass is 286 g/mol. The zero-order valence-electron chi connectivity index (χ0n) is 11.1. The molecular formula is C15H11FN2O3. The average Bonchev–Trinajstić information content (AvgIpc) is 2.46. The number of aromatic carboxylic acids is 1. The Morgan fingerprint density at radius 3 is 2.67 bits per heavy atom. The third kappa shape index (κ3) is 3.09. The van der Waals surface area contributed by atoms with Crippen LogP contribution in [0.5, 0.6) is 5.75 Å². The minimum absolute atomic E-state index is 0.335. The van der Waals surface area contributed by atoms with Gasteiger partial charge in [-0.3, -0.25) is 0 Å². The number of carboxylic acid groups (broad SMARTS) is 1. The van der Waals surface area contributed by atoms with Crippen LogP contribution in [0.25, 0.3) is 0 Å². The molecule has 21 heavy (non-hydrogen) atoms. The van der Waals surface area contributed by atoms with Crippen molar-refractivity contribution in [3.8, 4) is 11.8 Å². The summed E-state index contributed by atoms with van der Waals surface area (Å²) in [7, 11) is 1.49. The summed E-state index contributed by atoms with van der Waals surface area (Å²) >= 11 is 0. The molecule has 0 aromatic heterocycles. The zero-order chi connectivity index (χ0) is 15.4. The van der Waals surface area contributed by atoms with Gasteiger partial charge in [-0.05, 0) is 30.3 Å². The van der Waals surface area contributed by atoms with Crippen LogP contribution in [0.4, 0.5) is 15.8 Å². The van der Waals surface area contributed by atoms with Gasteiger partial charge >= 0.3 is 5.97 Å². The van der Waals surface area contributed by atoms with Gasteiger partial charge in [0.15, 0.2) is 0 Å². The van der Waals surface area contributed by atoms with Gasteiger partial charge in [0.1, 0.15) is 17.6 Å². The van der Waals surface area contributed by atoms with Crippen LogP contribution in [0.2, 0.25) is 0 Å². The van der Waals surface area contributed by atoms with E-state index in [1.54, 1.807) is 18.2 Å². The molecule has 0 bridgehead atoms. The number of rotatable bonds is 4. The predicted octanol–water partition coefficient (Wildman–Crippen LogP) is 3.15. The standard InChI is InChI=1S/C15H11FN2O3/c1-21-11-4-2-9(8-17)14(7-11)18-10-3-5-12(15(19)20)13(16)6-10/h2-7,18H,1H3,(H,19,20). The van der Waals surface area contributed by atoms with E-state index in [2.05, 4.69) is 5.32 Å². The highest BCUT2D eigenvalue weighted by atomic mass is 19.1. The molecule has 0 spiro atoms. The van der Waals surface area contributed by atoms with Crippen molar-refractivity contribution in [2.24, 2.45) is 0 Å². The fourth-order valence-corrected chi connectivity index (χ4v) is 1.77. The molecule has 0 aliphatic rings. The third-order valence-electron chi connectivity index (χ3n) is 2.83. The van der Waals surface area contributed by atoms with E-state index in [0.29, 0.717) is 22.7 Å². The molecular weight excluding hydrogens is 275 g/mol. The van der Waals surface area contributed by atoms with Crippen molar-refractivity contribution in [3.05, 3.63) is 53.3 Å². The Balaban J connectivity index is 2.36. The van der Waals surface area contributed by atoms with Crippen molar-refractivity contribution in [1.82, 2.24) is 0 Å². The first-order chi connectivity index (χ1) is 10.0. The maximum absolute atomic E-state index is 13.6. The Morgan fingerprint density at radius 1 is 1.33 bits per heavy atom. The number of nitrogens with zero attached hydrogens (tertiary/aromatic N) is 1.